The van der Waals surface area contributed by atoms with Gasteiger partial charge in [0.15, 0.2) is 5.82 Å². The number of rotatable bonds is 8. The van der Waals surface area contributed by atoms with Gasteiger partial charge in [0, 0.05) is 13.5 Å². The van der Waals surface area contributed by atoms with E-state index in [9.17, 15) is 42.0 Å². The number of hydrogen-bond donors (Lipinski definition) is 2. The number of anilines is 1. The molecule has 0 bridgehead atoms. The number of halogens is 4. The van der Waals surface area contributed by atoms with Crippen molar-refractivity contribution in [1.29, 1.82) is 5.26 Å². The maximum Gasteiger partial charge on any atom is 0.471 e. The summed E-state index contributed by atoms with van der Waals surface area (Å²) in [6.07, 6.45) is -2.17. The molecule has 5 rings (SSSR count). The van der Waals surface area contributed by atoms with E-state index in [1.165, 1.54) is 19.2 Å². The minimum atomic E-state index is -5.18. The molecule has 14 heteroatoms. The van der Waals surface area contributed by atoms with Crippen molar-refractivity contribution < 1.29 is 41.5 Å². The summed E-state index contributed by atoms with van der Waals surface area (Å²) >= 11 is 0. The van der Waals surface area contributed by atoms with E-state index in [1.807, 2.05) is 6.07 Å². The lowest BCUT2D eigenvalue weighted by atomic mass is 9.97. The van der Waals surface area contributed by atoms with Gasteiger partial charge in [-0.3, -0.25) is 19.2 Å². The number of likely N-dealkylation sites (N-methyl/N-ethyl adjacent to an activating group) is 1. The van der Waals surface area contributed by atoms with E-state index in [0.29, 0.717) is 12.8 Å². The van der Waals surface area contributed by atoms with Gasteiger partial charge in [-0.15, -0.1) is 0 Å². The molecule has 0 radical (unpaired) electrons. The summed E-state index contributed by atoms with van der Waals surface area (Å²) in [6.45, 7) is -0.356. The van der Waals surface area contributed by atoms with Crippen LogP contribution in [0.4, 0.5) is 23.2 Å². The van der Waals surface area contributed by atoms with Crippen molar-refractivity contribution in [2.45, 2.75) is 74.8 Å². The van der Waals surface area contributed by atoms with Crippen molar-refractivity contribution in [3.05, 3.63) is 24.0 Å². The van der Waals surface area contributed by atoms with E-state index in [4.69, 9.17) is 4.74 Å². The van der Waals surface area contributed by atoms with Crippen LogP contribution in [0.1, 0.15) is 44.9 Å². The Labute approximate surface area is 233 Å². The van der Waals surface area contributed by atoms with Gasteiger partial charge in [0.2, 0.25) is 17.4 Å². The number of likely N-dealkylation sites (tertiary alicyclic amines) is 1. The molecule has 4 aliphatic rings. The molecule has 4 atom stereocenters. The Bertz CT molecular complexity index is 1310. The maximum atomic E-state index is 14.2. The quantitative estimate of drug-likeness (QED) is 0.455. The van der Waals surface area contributed by atoms with Crippen molar-refractivity contribution >= 4 is 29.3 Å². The molecule has 2 aliphatic heterocycles. The first-order chi connectivity index (χ1) is 19.3. The molecule has 1 aromatic carbocycles. The van der Waals surface area contributed by atoms with Gasteiger partial charge >= 0.3 is 12.1 Å². The summed E-state index contributed by atoms with van der Waals surface area (Å²) in [7, 11) is 1.29. The molecule has 0 aromatic heterocycles. The van der Waals surface area contributed by atoms with Crippen LogP contribution in [0.15, 0.2) is 18.2 Å². The Hall–Kier alpha value is -3.89. The second-order valence-electron chi connectivity index (χ2n) is 11.3. The highest BCUT2D eigenvalue weighted by atomic mass is 19.4. The zero-order valence-electron chi connectivity index (χ0n) is 22.2. The second-order valence-corrected chi connectivity index (χ2v) is 11.3. The Kier molecular flexibility index (Phi) is 7.33. The normalized spacial score (nSPS) is 24.9. The van der Waals surface area contributed by atoms with Crippen LogP contribution in [-0.4, -0.2) is 76.9 Å². The molecule has 1 saturated heterocycles. The molecule has 41 heavy (non-hydrogen) atoms. The summed E-state index contributed by atoms with van der Waals surface area (Å²) in [5.74, 6) is -5.06. The second kappa shape index (κ2) is 10.5. The van der Waals surface area contributed by atoms with Gasteiger partial charge in [-0.25, -0.2) is 4.39 Å². The van der Waals surface area contributed by atoms with Crippen LogP contribution >= 0.6 is 0 Å². The van der Waals surface area contributed by atoms with Crippen LogP contribution in [-0.2, 0) is 19.2 Å². The zero-order valence-corrected chi connectivity index (χ0v) is 22.2. The highest BCUT2D eigenvalue weighted by molar-refractivity contribution is 6.02. The van der Waals surface area contributed by atoms with E-state index in [-0.39, 0.29) is 49.1 Å². The minimum absolute atomic E-state index is 0.00690. The molecule has 3 fully saturated rings. The summed E-state index contributed by atoms with van der Waals surface area (Å²) in [5, 5.41) is 14.1. The van der Waals surface area contributed by atoms with Crippen molar-refractivity contribution in [1.82, 2.24) is 15.1 Å². The molecular formula is C27H29F4N5O5. The van der Waals surface area contributed by atoms with Gasteiger partial charge in [0.1, 0.15) is 29.6 Å². The van der Waals surface area contributed by atoms with Gasteiger partial charge in [-0.05, 0) is 36.8 Å². The third-order valence-corrected chi connectivity index (χ3v) is 8.17. The standard InChI is InChI=1S/C27H29F4N5O5/c1-35(22(37)18(9-14-5-6-14)33-25(40)27(29,30)31)19(10-15-7-8-15)23(38)36-13-26(11-16(36)12-32)24(39)34-21-17(28)3-2-4-20(21)41-26/h2-4,14-16,18-19H,5-11,13H2,1H3,(H,33,40)(H,34,39)/t16-,18-,19-,26+/m0/s1. The van der Waals surface area contributed by atoms with Crippen LogP contribution in [0.25, 0.3) is 0 Å². The number of benzene rings is 1. The summed E-state index contributed by atoms with van der Waals surface area (Å²) < 4.78 is 59.1. The fraction of sp³-hybridized carbons (Fsp3) is 0.593. The van der Waals surface area contributed by atoms with Crippen LogP contribution in [0.5, 0.6) is 5.75 Å². The average molecular weight is 580 g/mol. The monoisotopic (exact) mass is 579 g/mol. The summed E-state index contributed by atoms with van der Waals surface area (Å²) in [5.41, 5.74) is -1.83. The van der Waals surface area contributed by atoms with Crippen molar-refractivity contribution in [2.24, 2.45) is 11.8 Å². The van der Waals surface area contributed by atoms with Crippen LogP contribution < -0.4 is 15.4 Å². The van der Waals surface area contributed by atoms with E-state index in [0.717, 1.165) is 28.7 Å². The van der Waals surface area contributed by atoms with Gasteiger partial charge in [0.25, 0.3) is 5.91 Å². The molecule has 0 unspecified atom stereocenters. The summed E-state index contributed by atoms with van der Waals surface area (Å²) in [4.78, 5) is 54.4. The van der Waals surface area contributed by atoms with Gasteiger partial charge in [0.05, 0.1) is 12.6 Å². The molecule has 1 aromatic rings. The number of amides is 4. The molecule has 10 nitrogen and oxygen atoms in total. The Morgan fingerprint density at radius 3 is 2.49 bits per heavy atom. The third-order valence-electron chi connectivity index (χ3n) is 8.17. The smallest absolute Gasteiger partial charge is 0.471 e. The van der Waals surface area contributed by atoms with Crippen LogP contribution in [0, 0.1) is 29.0 Å². The zero-order chi connectivity index (χ0) is 29.7. The molecular weight excluding hydrogens is 550 g/mol. The average Bonchev–Trinajstić information content (AvgIpc) is 3.86. The molecule has 4 amide bonds. The SMILES string of the molecule is CN(C(=O)[C@H](CC1CC1)NC(=O)C(F)(F)F)[C@@H](CC1CC1)C(=O)N1C[C@@]2(C[C@H]1C#N)Oc1cccc(F)c1NC2=O. The Morgan fingerprint density at radius 1 is 1.22 bits per heavy atom. The highest BCUT2D eigenvalue weighted by Crippen LogP contribution is 2.42. The molecule has 2 heterocycles. The molecule has 1 spiro atoms. The largest absolute Gasteiger partial charge is 0.473 e. The van der Waals surface area contributed by atoms with E-state index in [1.54, 1.807) is 5.32 Å². The van der Waals surface area contributed by atoms with Crippen molar-refractivity contribution in [3.8, 4) is 11.8 Å². The Balaban J connectivity index is 1.38. The number of ether oxygens (including phenoxy) is 1. The number of nitrogens with one attached hydrogen (secondary N) is 2. The first-order valence-electron chi connectivity index (χ1n) is 13.5. The number of nitrogens with zero attached hydrogens (tertiary/aromatic N) is 3. The topological polar surface area (TPSA) is 132 Å². The van der Waals surface area contributed by atoms with Gasteiger partial charge < -0.3 is 25.2 Å². The first kappa shape index (κ1) is 28.6. The fourth-order valence-corrected chi connectivity index (χ4v) is 5.49. The lowest BCUT2D eigenvalue weighted by molar-refractivity contribution is -0.175. The van der Waals surface area contributed by atoms with Crippen LogP contribution in [0.3, 0.4) is 0 Å². The lowest BCUT2D eigenvalue weighted by Gasteiger charge is -2.36. The van der Waals surface area contributed by atoms with Gasteiger partial charge in [-0.1, -0.05) is 31.7 Å². The molecule has 2 N–H and O–H groups in total. The number of alkyl halides is 3. The van der Waals surface area contributed by atoms with Crippen molar-refractivity contribution in [2.75, 3.05) is 18.9 Å². The number of para-hydroxylation sites is 1. The summed E-state index contributed by atoms with van der Waals surface area (Å²) in [6, 6.07) is 2.23. The van der Waals surface area contributed by atoms with Crippen molar-refractivity contribution in [3.63, 3.8) is 0 Å². The number of carbonyl (C=O) groups is 4. The number of hydrogen-bond acceptors (Lipinski definition) is 6. The molecule has 2 aliphatic carbocycles. The first-order valence-corrected chi connectivity index (χ1v) is 13.5. The lowest BCUT2D eigenvalue weighted by Crippen LogP contribution is -2.58. The van der Waals surface area contributed by atoms with Crippen LogP contribution in [0.2, 0.25) is 0 Å². The van der Waals surface area contributed by atoms with Gasteiger partial charge in [-0.2, -0.15) is 18.4 Å². The Morgan fingerprint density at radius 2 is 1.88 bits per heavy atom. The van der Waals surface area contributed by atoms with E-state index >= 15 is 0 Å². The number of fused-ring (bicyclic) bond motifs is 1. The molecule has 220 valence electrons. The predicted octanol–water partition coefficient (Wildman–Crippen LogP) is 2.49. The highest BCUT2D eigenvalue weighted by Gasteiger charge is 2.57. The maximum absolute atomic E-state index is 14.2. The fourth-order valence-electron chi connectivity index (χ4n) is 5.49. The predicted molar refractivity (Wildman–Crippen MR) is 133 cm³/mol. The minimum Gasteiger partial charge on any atom is -0.473 e. The number of carbonyl (C=O) groups excluding carboxylic acids is 4. The molecule has 2 saturated carbocycles. The van der Waals surface area contributed by atoms with E-state index < -0.39 is 59.3 Å². The van der Waals surface area contributed by atoms with E-state index in [2.05, 4.69) is 5.32 Å². The third kappa shape index (κ3) is 5.80. The number of nitriles is 1.